The van der Waals surface area contributed by atoms with Crippen LogP contribution in [0.1, 0.15) is 28.3 Å². The van der Waals surface area contributed by atoms with Crippen LogP contribution in [0.3, 0.4) is 0 Å². The molecule has 1 saturated heterocycles. The van der Waals surface area contributed by atoms with Crippen LogP contribution in [-0.4, -0.2) is 52.3 Å². The predicted molar refractivity (Wildman–Crippen MR) is 102 cm³/mol. The summed E-state index contributed by atoms with van der Waals surface area (Å²) < 4.78 is 40.7. The smallest absolute Gasteiger partial charge is 0.404 e. The number of carbonyl (C=O) groups excluding carboxylic acids is 1. The fraction of sp³-hybridized carbons (Fsp3) is 0.421. The third-order valence-electron chi connectivity index (χ3n) is 4.90. The Bertz CT molecular complexity index is 886. The van der Waals surface area contributed by atoms with Crippen molar-refractivity contribution in [2.45, 2.75) is 32.0 Å². The van der Waals surface area contributed by atoms with Crippen LogP contribution in [0.15, 0.2) is 30.3 Å². The lowest BCUT2D eigenvalue weighted by atomic mass is 9.88. The first-order chi connectivity index (χ1) is 13.7. The van der Waals surface area contributed by atoms with Gasteiger partial charge in [-0.05, 0) is 25.3 Å². The number of carboxylic acid groups (broad SMARTS) is 1. The number of aromatic nitrogens is 1. The van der Waals surface area contributed by atoms with Crippen molar-refractivity contribution in [3.63, 3.8) is 0 Å². The zero-order valence-electron chi connectivity index (χ0n) is 15.6. The molecule has 0 saturated carbocycles. The molecule has 10 heteroatoms. The molecule has 3 rings (SSSR count). The minimum atomic E-state index is -4.54. The number of nitrogens with one attached hydrogen (secondary N) is 1. The number of thiazole rings is 1. The Hall–Kier alpha value is -2.62. The van der Waals surface area contributed by atoms with Crippen LogP contribution in [-0.2, 0) is 0 Å². The van der Waals surface area contributed by atoms with Crippen LogP contribution in [0.4, 0.5) is 18.0 Å². The van der Waals surface area contributed by atoms with Gasteiger partial charge in [0.15, 0.2) is 0 Å². The van der Waals surface area contributed by atoms with Gasteiger partial charge in [-0.2, -0.15) is 13.2 Å². The Morgan fingerprint density at radius 2 is 2.00 bits per heavy atom. The summed E-state index contributed by atoms with van der Waals surface area (Å²) in [6, 6.07) is 7.73. The van der Waals surface area contributed by atoms with Gasteiger partial charge < -0.3 is 15.3 Å². The number of likely N-dealkylation sites (tertiary alicyclic amines) is 1. The number of carbonyl (C=O) groups is 2. The van der Waals surface area contributed by atoms with Gasteiger partial charge in [0.2, 0.25) is 0 Å². The van der Waals surface area contributed by atoms with Crippen molar-refractivity contribution in [3.8, 4) is 10.4 Å². The number of amides is 2. The van der Waals surface area contributed by atoms with Crippen molar-refractivity contribution < 1.29 is 27.9 Å². The average Bonchev–Trinajstić information content (AvgIpc) is 3.07. The van der Waals surface area contributed by atoms with Crippen molar-refractivity contribution in [2.75, 3.05) is 13.1 Å². The Balaban J connectivity index is 1.97. The molecule has 0 spiro atoms. The molecule has 1 aliphatic rings. The topological polar surface area (TPSA) is 82.5 Å². The summed E-state index contributed by atoms with van der Waals surface area (Å²) in [5, 5.41) is 11.5. The number of nitrogens with zero attached hydrogens (tertiary/aromatic N) is 2. The summed E-state index contributed by atoms with van der Waals surface area (Å²) in [6.07, 6.45) is -5.94. The van der Waals surface area contributed by atoms with E-state index in [1.165, 1.54) is 11.3 Å². The zero-order chi connectivity index (χ0) is 21.2. The molecule has 2 heterocycles. The third-order valence-corrected chi connectivity index (χ3v) is 5.92. The van der Waals surface area contributed by atoms with Crippen molar-refractivity contribution in [1.29, 1.82) is 0 Å². The van der Waals surface area contributed by atoms with E-state index in [1.54, 1.807) is 19.1 Å². The van der Waals surface area contributed by atoms with Gasteiger partial charge >= 0.3 is 12.3 Å². The molecule has 2 N–H and O–H groups in total. The quantitative estimate of drug-likeness (QED) is 0.767. The van der Waals surface area contributed by atoms with Crippen LogP contribution in [0.2, 0.25) is 0 Å². The number of benzene rings is 1. The van der Waals surface area contributed by atoms with E-state index in [0.29, 0.717) is 9.88 Å². The van der Waals surface area contributed by atoms with Gasteiger partial charge in [-0.15, -0.1) is 11.3 Å². The molecule has 0 radical (unpaired) electrons. The highest BCUT2D eigenvalue weighted by atomic mass is 32.1. The van der Waals surface area contributed by atoms with Crippen LogP contribution in [0, 0.1) is 12.8 Å². The van der Waals surface area contributed by atoms with Crippen LogP contribution in [0.25, 0.3) is 10.4 Å². The monoisotopic (exact) mass is 427 g/mol. The van der Waals surface area contributed by atoms with Crippen LogP contribution < -0.4 is 5.32 Å². The molecule has 1 fully saturated rings. The SMILES string of the molecule is Cc1nc(C(=O)N2CCCC(C(F)(F)F)C2CNC(=O)O)c(-c2ccccc2)s1. The maximum Gasteiger partial charge on any atom is 0.404 e. The van der Waals surface area contributed by atoms with Gasteiger partial charge in [-0.25, -0.2) is 9.78 Å². The molecule has 2 aromatic rings. The molecule has 6 nitrogen and oxygen atoms in total. The standard InChI is InChI=1S/C19H20F3N3O3S/c1-11-24-15(16(29-11)12-6-3-2-4-7-12)17(26)25-9-5-8-13(19(20,21)22)14(25)10-23-18(27)28/h2-4,6-7,13-14,23H,5,8-10H2,1H3,(H,27,28). The minimum absolute atomic E-state index is 0.0989. The van der Waals surface area contributed by atoms with Crippen LogP contribution >= 0.6 is 11.3 Å². The number of piperidine rings is 1. The van der Waals surface area contributed by atoms with E-state index in [9.17, 15) is 22.8 Å². The van der Waals surface area contributed by atoms with Gasteiger partial charge in [-0.3, -0.25) is 4.79 Å². The average molecular weight is 427 g/mol. The number of hydrogen-bond donors (Lipinski definition) is 2. The summed E-state index contributed by atoms with van der Waals surface area (Å²) in [5.74, 6) is -2.41. The molecule has 2 amide bonds. The first kappa shape index (κ1) is 21.1. The first-order valence-electron chi connectivity index (χ1n) is 9.06. The van der Waals surface area contributed by atoms with Gasteiger partial charge in [-0.1, -0.05) is 30.3 Å². The largest absolute Gasteiger partial charge is 0.465 e. The lowest BCUT2D eigenvalue weighted by Gasteiger charge is -2.41. The highest BCUT2D eigenvalue weighted by Gasteiger charge is 2.49. The van der Waals surface area contributed by atoms with E-state index in [-0.39, 0.29) is 25.1 Å². The van der Waals surface area contributed by atoms with E-state index in [0.717, 1.165) is 10.5 Å². The van der Waals surface area contributed by atoms with E-state index >= 15 is 0 Å². The molecule has 29 heavy (non-hydrogen) atoms. The highest BCUT2D eigenvalue weighted by Crippen LogP contribution is 2.39. The molecular formula is C19H20F3N3O3S. The second kappa shape index (κ2) is 8.40. The summed E-state index contributed by atoms with van der Waals surface area (Å²) >= 11 is 1.30. The molecular weight excluding hydrogens is 407 g/mol. The van der Waals surface area contributed by atoms with Crippen molar-refractivity contribution in [1.82, 2.24) is 15.2 Å². The van der Waals surface area contributed by atoms with Gasteiger partial charge in [0.25, 0.3) is 5.91 Å². The number of hydrogen-bond acceptors (Lipinski definition) is 4. The number of halogens is 3. The van der Waals surface area contributed by atoms with Crippen LogP contribution in [0.5, 0.6) is 0 Å². The van der Waals surface area contributed by atoms with Gasteiger partial charge in [0, 0.05) is 13.1 Å². The van der Waals surface area contributed by atoms with Crippen molar-refractivity contribution >= 4 is 23.3 Å². The van der Waals surface area contributed by atoms with E-state index < -0.39 is 36.7 Å². The summed E-state index contributed by atoms with van der Waals surface area (Å²) in [5.41, 5.74) is 0.855. The van der Waals surface area contributed by atoms with E-state index in [4.69, 9.17) is 5.11 Å². The van der Waals surface area contributed by atoms with Gasteiger partial charge in [0.1, 0.15) is 5.69 Å². The summed E-state index contributed by atoms with van der Waals surface area (Å²) in [4.78, 5) is 30.1. The normalized spacial score (nSPS) is 19.8. The lowest BCUT2D eigenvalue weighted by Crippen LogP contribution is -2.57. The molecule has 1 aromatic heterocycles. The highest BCUT2D eigenvalue weighted by molar-refractivity contribution is 7.15. The molecule has 156 valence electrons. The number of alkyl halides is 3. The van der Waals surface area contributed by atoms with E-state index in [2.05, 4.69) is 4.98 Å². The van der Waals surface area contributed by atoms with Gasteiger partial charge in [0.05, 0.1) is 21.8 Å². The third kappa shape index (κ3) is 4.69. The molecule has 2 unspecified atom stereocenters. The van der Waals surface area contributed by atoms with Crippen molar-refractivity contribution in [3.05, 3.63) is 41.0 Å². The first-order valence-corrected chi connectivity index (χ1v) is 9.87. The molecule has 0 aliphatic carbocycles. The molecule has 1 aromatic carbocycles. The maximum absolute atomic E-state index is 13.6. The zero-order valence-corrected chi connectivity index (χ0v) is 16.4. The Morgan fingerprint density at radius 1 is 1.31 bits per heavy atom. The Morgan fingerprint density at radius 3 is 2.62 bits per heavy atom. The molecule has 0 bridgehead atoms. The lowest BCUT2D eigenvalue weighted by molar-refractivity contribution is -0.197. The Labute approximate surface area is 169 Å². The summed E-state index contributed by atoms with van der Waals surface area (Å²) in [6.45, 7) is 1.35. The van der Waals surface area contributed by atoms with Crippen molar-refractivity contribution in [2.24, 2.45) is 5.92 Å². The second-order valence-electron chi connectivity index (χ2n) is 6.82. The van der Waals surface area contributed by atoms with E-state index in [1.807, 2.05) is 23.5 Å². The maximum atomic E-state index is 13.6. The summed E-state index contributed by atoms with van der Waals surface area (Å²) in [7, 11) is 0. The fourth-order valence-corrected chi connectivity index (χ4v) is 4.54. The predicted octanol–water partition coefficient (Wildman–Crippen LogP) is 4.17. The number of aryl methyl sites for hydroxylation is 1. The second-order valence-corrected chi connectivity index (χ2v) is 8.02. The molecule has 2 atom stereocenters. The number of rotatable bonds is 4. The molecule has 1 aliphatic heterocycles. The Kier molecular flexibility index (Phi) is 6.11. The minimum Gasteiger partial charge on any atom is -0.465 e. The fourth-order valence-electron chi connectivity index (χ4n) is 3.63.